The van der Waals surface area contributed by atoms with Gasteiger partial charge in [0.05, 0.1) is 16.4 Å². The van der Waals surface area contributed by atoms with E-state index >= 15 is 0 Å². The number of nitrogens with zero attached hydrogens (tertiary/aromatic N) is 3. The number of rotatable bonds is 7. The van der Waals surface area contributed by atoms with E-state index in [-0.39, 0.29) is 0 Å². The molecule has 21 heavy (non-hydrogen) atoms. The number of hydrogen-bond acceptors (Lipinski definition) is 3. The molecule has 1 aromatic rings. The van der Waals surface area contributed by atoms with Gasteiger partial charge in [0.1, 0.15) is 0 Å². The molecular weight excluding hydrogens is 284 g/mol. The predicted molar refractivity (Wildman–Crippen MR) is 88.9 cm³/mol. The minimum atomic E-state index is 0.476. The highest BCUT2D eigenvalue weighted by Gasteiger charge is 2.16. The maximum absolute atomic E-state index is 6.45. The summed E-state index contributed by atoms with van der Waals surface area (Å²) in [4.78, 5) is 2.57. The molecule has 1 N–H and O–H groups in total. The Labute approximate surface area is 133 Å². The van der Waals surface area contributed by atoms with Crippen LogP contribution < -0.4 is 5.32 Å². The van der Waals surface area contributed by atoms with E-state index in [0.717, 1.165) is 42.5 Å². The van der Waals surface area contributed by atoms with Crippen LogP contribution in [-0.4, -0.2) is 40.4 Å². The van der Waals surface area contributed by atoms with Crippen molar-refractivity contribution in [3.05, 3.63) is 16.4 Å². The van der Waals surface area contributed by atoms with Crippen LogP contribution in [0.1, 0.15) is 51.4 Å². The summed E-state index contributed by atoms with van der Waals surface area (Å²) in [6.07, 6.45) is 4.98. The van der Waals surface area contributed by atoms with Gasteiger partial charge in [0, 0.05) is 25.7 Å². The molecule has 5 heteroatoms. The van der Waals surface area contributed by atoms with Gasteiger partial charge in [-0.25, -0.2) is 0 Å². The number of halogens is 1. The maximum Gasteiger partial charge on any atom is 0.0863 e. The number of aryl methyl sites for hydroxylation is 2. The number of aromatic nitrogens is 2. The Bertz CT molecular complexity index is 438. The molecule has 1 fully saturated rings. The average molecular weight is 313 g/mol. The summed E-state index contributed by atoms with van der Waals surface area (Å²) in [6.45, 7) is 11.8. The molecule has 0 aliphatic carbocycles. The van der Waals surface area contributed by atoms with Crippen molar-refractivity contribution in [1.82, 2.24) is 20.0 Å². The molecule has 1 aliphatic rings. The Morgan fingerprint density at radius 1 is 1.24 bits per heavy atom. The lowest BCUT2D eigenvalue weighted by Crippen LogP contribution is -2.41. The van der Waals surface area contributed by atoms with Crippen molar-refractivity contribution < 1.29 is 0 Å². The first-order valence-corrected chi connectivity index (χ1v) is 8.73. The standard InChI is InChI=1S/C16H29ClN4/c1-4-14-16(17)15(21(5-2)19-14)11-18-13(3)12-20-9-7-6-8-10-20/h13,18H,4-12H2,1-3H3. The Hall–Kier alpha value is -0.580. The Morgan fingerprint density at radius 2 is 1.95 bits per heavy atom. The number of nitrogens with one attached hydrogen (secondary N) is 1. The summed E-state index contributed by atoms with van der Waals surface area (Å²) in [5, 5.41) is 9.03. The van der Waals surface area contributed by atoms with Crippen LogP contribution in [0.25, 0.3) is 0 Å². The van der Waals surface area contributed by atoms with E-state index in [1.165, 1.54) is 32.4 Å². The minimum Gasteiger partial charge on any atom is -0.307 e. The van der Waals surface area contributed by atoms with Crippen molar-refractivity contribution in [2.75, 3.05) is 19.6 Å². The first-order chi connectivity index (χ1) is 10.2. The summed E-state index contributed by atoms with van der Waals surface area (Å²) in [5.74, 6) is 0. The van der Waals surface area contributed by atoms with E-state index in [1.807, 2.05) is 4.68 Å². The number of likely N-dealkylation sites (tertiary alicyclic amines) is 1. The van der Waals surface area contributed by atoms with Crippen LogP contribution in [0.3, 0.4) is 0 Å². The average Bonchev–Trinajstić information content (AvgIpc) is 2.81. The summed E-state index contributed by atoms with van der Waals surface area (Å²) in [5.41, 5.74) is 2.14. The second-order valence-electron chi connectivity index (χ2n) is 6.02. The van der Waals surface area contributed by atoms with Crippen LogP contribution in [0.4, 0.5) is 0 Å². The van der Waals surface area contributed by atoms with E-state index in [9.17, 15) is 0 Å². The first-order valence-electron chi connectivity index (χ1n) is 8.35. The van der Waals surface area contributed by atoms with Gasteiger partial charge in [-0.2, -0.15) is 5.10 Å². The third-order valence-corrected chi connectivity index (χ3v) is 4.73. The van der Waals surface area contributed by atoms with Gasteiger partial charge >= 0.3 is 0 Å². The maximum atomic E-state index is 6.45. The number of hydrogen-bond donors (Lipinski definition) is 1. The molecule has 2 heterocycles. The molecule has 0 saturated carbocycles. The quantitative estimate of drug-likeness (QED) is 0.840. The minimum absolute atomic E-state index is 0.476. The zero-order chi connectivity index (χ0) is 15.2. The SMILES string of the molecule is CCc1nn(CC)c(CNC(C)CN2CCCCC2)c1Cl. The first kappa shape index (κ1) is 16.8. The molecule has 1 saturated heterocycles. The largest absolute Gasteiger partial charge is 0.307 e. The molecule has 1 aliphatic heterocycles. The van der Waals surface area contributed by atoms with Crippen molar-refractivity contribution in [1.29, 1.82) is 0 Å². The molecule has 0 radical (unpaired) electrons. The molecule has 2 rings (SSSR count). The van der Waals surface area contributed by atoms with Gasteiger partial charge in [0.25, 0.3) is 0 Å². The normalized spacial score (nSPS) is 18.1. The summed E-state index contributed by atoms with van der Waals surface area (Å²) in [6, 6.07) is 0.476. The molecule has 4 nitrogen and oxygen atoms in total. The monoisotopic (exact) mass is 312 g/mol. The smallest absolute Gasteiger partial charge is 0.0863 e. The Morgan fingerprint density at radius 3 is 2.57 bits per heavy atom. The van der Waals surface area contributed by atoms with Gasteiger partial charge in [0.15, 0.2) is 0 Å². The fourth-order valence-corrected chi connectivity index (χ4v) is 3.39. The molecule has 0 spiro atoms. The second-order valence-corrected chi connectivity index (χ2v) is 6.40. The van der Waals surface area contributed by atoms with Crippen LogP contribution in [0, 0.1) is 0 Å². The second kappa shape index (κ2) is 8.16. The molecular formula is C16H29ClN4. The lowest BCUT2D eigenvalue weighted by molar-refractivity contribution is 0.208. The molecule has 1 aromatic heterocycles. The summed E-state index contributed by atoms with van der Waals surface area (Å²) < 4.78 is 2.03. The summed E-state index contributed by atoms with van der Waals surface area (Å²) in [7, 11) is 0. The molecule has 120 valence electrons. The molecule has 1 unspecified atom stereocenters. The van der Waals surface area contributed by atoms with Crippen LogP contribution in [0.5, 0.6) is 0 Å². The van der Waals surface area contributed by atoms with Crippen LogP contribution in [-0.2, 0) is 19.5 Å². The van der Waals surface area contributed by atoms with Crippen molar-refractivity contribution in [3.8, 4) is 0 Å². The highest BCUT2D eigenvalue weighted by molar-refractivity contribution is 6.31. The Kier molecular flexibility index (Phi) is 6.52. The van der Waals surface area contributed by atoms with Gasteiger partial charge < -0.3 is 10.2 Å². The van der Waals surface area contributed by atoms with Gasteiger partial charge in [-0.15, -0.1) is 0 Å². The fraction of sp³-hybridized carbons (Fsp3) is 0.812. The third kappa shape index (κ3) is 4.44. The van der Waals surface area contributed by atoms with Crippen LogP contribution >= 0.6 is 11.6 Å². The van der Waals surface area contributed by atoms with Crippen LogP contribution in [0.2, 0.25) is 5.02 Å². The van der Waals surface area contributed by atoms with Gasteiger partial charge in [-0.1, -0.05) is 24.9 Å². The molecule has 0 amide bonds. The summed E-state index contributed by atoms with van der Waals surface area (Å²) >= 11 is 6.45. The molecule has 0 bridgehead atoms. The number of piperidine rings is 1. The highest BCUT2D eigenvalue weighted by atomic mass is 35.5. The van der Waals surface area contributed by atoms with E-state index in [2.05, 4.69) is 36.1 Å². The van der Waals surface area contributed by atoms with E-state index in [1.54, 1.807) is 0 Å². The van der Waals surface area contributed by atoms with Crippen molar-refractivity contribution in [2.45, 2.75) is 65.6 Å². The zero-order valence-corrected chi connectivity index (χ0v) is 14.4. The van der Waals surface area contributed by atoms with E-state index in [4.69, 9.17) is 11.6 Å². The van der Waals surface area contributed by atoms with Crippen molar-refractivity contribution >= 4 is 11.6 Å². The third-order valence-electron chi connectivity index (χ3n) is 4.29. The lowest BCUT2D eigenvalue weighted by atomic mass is 10.1. The van der Waals surface area contributed by atoms with E-state index < -0.39 is 0 Å². The molecule has 1 atom stereocenters. The van der Waals surface area contributed by atoms with Crippen molar-refractivity contribution in [2.24, 2.45) is 0 Å². The van der Waals surface area contributed by atoms with Gasteiger partial charge in [-0.05, 0) is 46.2 Å². The van der Waals surface area contributed by atoms with Crippen molar-refractivity contribution in [3.63, 3.8) is 0 Å². The highest BCUT2D eigenvalue weighted by Crippen LogP contribution is 2.21. The van der Waals surface area contributed by atoms with E-state index in [0.29, 0.717) is 6.04 Å². The Balaban J connectivity index is 1.88. The van der Waals surface area contributed by atoms with Gasteiger partial charge in [0.2, 0.25) is 0 Å². The van der Waals surface area contributed by atoms with Crippen LogP contribution in [0.15, 0.2) is 0 Å². The van der Waals surface area contributed by atoms with Gasteiger partial charge in [-0.3, -0.25) is 4.68 Å². The predicted octanol–water partition coefficient (Wildman–Crippen LogP) is 3.08. The lowest BCUT2D eigenvalue weighted by Gasteiger charge is -2.29. The molecule has 0 aromatic carbocycles. The fourth-order valence-electron chi connectivity index (χ4n) is 3.05. The topological polar surface area (TPSA) is 33.1 Å². The zero-order valence-electron chi connectivity index (χ0n) is 13.7.